The molecule has 3 rings (SSSR count). The van der Waals surface area contributed by atoms with Crippen LogP contribution in [-0.4, -0.2) is 44.4 Å². The van der Waals surface area contributed by atoms with E-state index in [1.165, 1.54) is 43.3 Å². The van der Waals surface area contributed by atoms with E-state index >= 15 is 0 Å². The van der Waals surface area contributed by atoms with Crippen molar-refractivity contribution in [2.45, 2.75) is 18.3 Å². The molecule has 3 aromatic heterocycles. The zero-order valence-electron chi connectivity index (χ0n) is 15.5. The Labute approximate surface area is 176 Å². The summed E-state index contributed by atoms with van der Waals surface area (Å²) in [5.41, 5.74) is 0.501. The highest BCUT2D eigenvalue weighted by atomic mass is 35.5. The number of aromatic nitrogens is 6. The quantitative estimate of drug-likeness (QED) is 0.580. The number of hydrogen-bond donors (Lipinski definition) is 1. The van der Waals surface area contributed by atoms with Crippen molar-refractivity contribution < 1.29 is 21.9 Å². The van der Waals surface area contributed by atoms with Crippen LogP contribution in [0.15, 0.2) is 35.9 Å². The molecule has 158 valence electrons. The molecule has 0 spiro atoms. The lowest BCUT2D eigenvalue weighted by Gasteiger charge is -2.13. The minimum Gasteiger partial charge on any atom is -0.326 e. The molecule has 0 aliphatic rings. The van der Waals surface area contributed by atoms with Crippen molar-refractivity contribution in [1.82, 2.24) is 29.5 Å². The zero-order valence-corrected chi connectivity index (χ0v) is 17.1. The van der Waals surface area contributed by atoms with Gasteiger partial charge in [0.15, 0.2) is 28.6 Å². The predicted octanol–water partition coefficient (Wildman–Crippen LogP) is 3.76. The summed E-state index contributed by atoms with van der Waals surface area (Å²) in [6.07, 6.45) is 1.55. The Bertz CT molecular complexity index is 1120. The van der Waals surface area contributed by atoms with E-state index in [1.54, 1.807) is 6.07 Å². The monoisotopic (exact) mass is 458 g/mol. The molecule has 0 saturated carbocycles. The number of alkyl halides is 3. The van der Waals surface area contributed by atoms with Crippen LogP contribution in [0.5, 0.6) is 0 Å². The summed E-state index contributed by atoms with van der Waals surface area (Å²) in [5, 5.41) is -2.21. The van der Waals surface area contributed by atoms with Crippen LogP contribution in [0.25, 0.3) is 29.2 Å². The maximum atomic E-state index is 12.8. The molecule has 0 aliphatic carbocycles. The molecule has 0 radical (unpaired) electrons. The molecule has 0 amide bonds. The first-order valence-corrected chi connectivity index (χ1v) is 9.84. The average Bonchev–Trinajstić information content (AvgIpc) is 3.07. The number of halogens is 4. The minimum absolute atomic E-state index is 0.0622. The Morgan fingerprint density at radius 2 is 1.87 bits per heavy atom. The molecule has 0 saturated heterocycles. The molecule has 8 nitrogen and oxygen atoms in total. The maximum absolute atomic E-state index is 12.8. The summed E-state index contributed by atoms with van der Waals surface area (Å²) < 4.78 is 60.8. The number of hydrogen-bond acceptors (Lipinski definition) is 6. The highest BCUT2D eigenvalue weighted by molar-refractivity contribution is 7.79. The standard InChI is InChI=1S/C17H14ClF3N6O2S/c1-9(30(28)29)11-8-24-15(14-22-4-3-5-23-14)26-13(11)16-25-7-10(27(16)2)6-12(18)17(19,20)21/h3-9H,1-2H3,(H,28,29)/b12-6-. The van der Waals surface area contributed by atoms with E-state index in [-0.39, 0.29) is 34.4 Å². The van der Waals surface area contributed by atoms with E-state index in [0.717, 1.165) is 6.08 Å². The topological polar surface area (TPSA) is 107 Å². The van der Waals surface area contributed by atoms with E-state index < -0.39 is 27.5 Å². The molecule has 1 N–H and O–H groups in total. The highest BCUT2D eigenvalue weighted by Gasteiger charge is 2.32. The van der Waals surface area contributed by atoms with Gasteiger partial charge in [-0.05, 0) is 19.1 Å². The molecule has 3 heterocycles. The number of imidazole rings is 1. The zero-order chi connectivity index (χ0) is 22.1. The second-order valence-electron chi connectivity index (χ2n) is 6.04. The largest absolute Gasteiger partial charge is 0.427 e. The van der Waals surface area contributed by atoms with Crippen molar-refractivity contribution in [3.05, 3.63) is 47.1 Å². The molecule has 2 unspecified atom stereocenters. The van der Waals surface area contributed by atoms with Crippen LogP contribution in [0, 0.1) is 0 Å². The van der Waals surface area contributed by atoms with Gasteiger partial charge in [-0.2, -0.15) is 13.2 Å². The molecule has 0 fully saturated rings. The smallest absolute Gasteiger partial charge is 0.326 e. The van der Waals surface area contributed by atoms with Crippen LogP contribution >= 0.6 is 11.6 Å². The van der Waals surface area contributed by atoms with Crippen molar-refractivity contribution in [1.29, 1.82) is 0 Å². The Morgan fingerprint density at radius 3 is 2.47 bits per heavy atom. The molecule has 0 aliphatic heterocycles. The highest BCUT2D eigenvalue weighted by Crippen LogP contribution is 2.33. The Kier molecular flexibility index (Phi) is 6.29. The van der Waals surface area contributed by atoms with E-state index in [4.69, 9.17) is 11.6 Å². The van der Waals surface area contributed by atoms with Crippen LogP contribution < -0.4 is 0 Å². The van der Waals surface area contributed by atoms with Gasteiger partial charge in [-0.3, -0.25) is 0 Å². The Balaban J connectivity index is 2.17. The van der Waals surface area contributed by atoms with E-state index in [9.17, 15) is 21.9 Å². The van der Waals surface area contributed by atoms with Gasteiger partial charge in [0.25, 0.3) is 0 Å². The third kappa shape index (κ3) is 4.55. The lowest BCUT2D eigenvalue weighted by Crippen LogP contribution is -2.10. The van der Waals surface area contributed by atoms with Crippen molar-refractivity contribution in [3.63, 3.8) is 0 Å². The summed E-state index contributed by atoms with van der Waals surface area (Å²) in [5.74, 6) is 0.482. The minimum atomic E-state index is -4.70. The number of allylic oxidation sites excluding steroid dienone is 1. The third-order valence-corrected chi connectivity index (χ3v) is 5.29. The maximum Gasteiger partial charge on any atom is 0.427 e. The molecule has 0 bridgehead atoms. The summed E-state index contributed by atoms with van der Waals surface area (Å²) in [4.78, 5) is 20.8. The molecule has 2 atom stereocenters. The first-order chi connectivity index (χ1) is 14.1. The van der Waals surface area contributed by atoms with Gasteiger partial charge in [0.05, 0.1) is 17.1 Å². The van der Waals surface area contributed by atoms with Crippen molar-refractivity contribution in [2.24, 2.45) is 7.05 Å². The normalized spacial score (nSPS) is 14.6. The molecule has 3 aromatic rings. The summed E-state index contributed by atoms with van der Waals surface area (Å²) in [7, 11) is 1.47. The Morgan fingerprint density at radius 1 is 1.20 bits per heavy atom. The van der Waals surface area contributed by atoms with Crippen LogP contribution in [0.4, 0.5) is 13.2 Å². The van der Waals surface area contributed by atoms with Gasteiger partial charge < -0.3 is 9.12 Å². The SMILES string of the molecule is CC(c1cnc(-c2ncccn2)nc1-c1ncc(/C=C(\Cl)C(F)(F)F)n1C)S(=O)O. The lowest BCUT2D eigenvalue weighted by molar-refractivity contribution is -0.0837. The van der Waals surface area contributed by atoms with Gasteiger partial charge in [0.1, 0.15) is 10.7 Å². The van der Waals surface area contributed by atoms with E-state index in [2.05, 4.69) is 24.9 Å². The van der Waals surface area contributed by atoms with Crippen molar-refractivity contribution in [3.8, 4) is 23.2 Å². The first-order valence-electron chi connectivity index (χ1n) is 8.30. The number of nitrogens with zero attached hydrogens (tertiary/aromatic N) is 6. The van der Waals surface area contributed by atoms with Crippen molar-refractivity contribution in [2.75, 3.05) is 0 Å². The fraction of sp³-hybridized carbons (Fsp3) is 0.235. The molecule has 13 heteroatoms. The number of rotatable bonds is 5. The van der Waals surface area contributed by atoms with Gasteiger partial charge in [-0.15, -0.1) is 0 Å². The van der Waals surface area contributed by atoms with Crippen LogP contribution in [0.3, 0.4) is 0 Å². The van der Waals surface area contributed by atoms with Gasteiger partial charge in [0.2, 0.25) is 0 Å². The van der Waals surface area contributed by atoms with Crippen LogP contribution in [0.2, 0.25) is 0 Å². The lowest BCUT2D eigenvalue weighted by atomic mass is 10.1. The summed E-state index contributed by atoms with van der Waals surface area (Å²) >= 11 is 3.08. The van der Waals surface area contributed by atoms with E-state index in [0.29, 0.717) is 0 Å². The predicted molar refractivity (Wildman–Crippen MR) is 104 cm³/mol. The Hall–Kier alpha value is -2.70. The molecule has 30 heavy (non-hydrogen) atoms. The summed E-state index contributed by atoms with van der Waals surface area (Å²) in [6.45, 7) is 1.49. The second kappa shape index (κ2) is 8.58. The molecular formula is C17H14ClF3N6O2S. The molecular weight excluding hydrogens is 445 g/mol. The fourth-order valence-electron chi connectivity index (χ4n) is 2.49. The molecule has 0 aromatic carbocycles. The third-order valence-electron chi connectivity index (χ3n) is 4.10. The van der Waals surface area contributed by atoms with Crippen LogP contribution in [0.1, 0.15) is 23.4 Å². The fourth-order valence-corrected chi connectivity index (χ4v) is 2.99. The van der Waals surface area contributed by atoms with Crippen molar-refractivity contribution >= 4 is 28.8 Å². The summed E-state index contributed by atoms with van der Waals surface area (Å²) in [6, 6.07) is 1.61. The average molecular weight is 459 g/mol. The van der Waals surface area contributed by atoms with Gasteiger partial charge in [0, 0.05) is 31.2 Å². The van der Waals surface area contributed by atoms with Crippen LogP contribution in [-0.2, 0) is 18.1 Å². The first kappa shape index (κ1) is 22.0. The van der Waals surface area contributed by atoms with E-state index in [1.807, 2.05) is 0 Å². The second-order valence-corrected chi connectivity index (χ2v) is 7.71. The van der Waals surface area contributed by atoms with Gasteiger partial charge in [-0.25, -0.2) is 29.1 Å². The van der Waals surface area contributed by atoms with Gasteiger partial charge >= 0.3 is 6.18 Å². The van der Waals surface area contributed by atoms with Gasteiger partial charge in [-0.1, -0.05) is 11.6 Å².